The topological polar surface area (TPSA) is 59.4 Å². The van der Waals surface area contributed by atoms with Crippen molar-refractivity contribution in [2.24, 2.45) is 0 Å². The summed E-state index contributed by atoms with van der Waals surface area (Å²) in [7, 11) is 3.96. The molecule has 1 N–H and O–H groups in total. The highest BCUT2D eigenvalue weighted by atomic mass is 19.1. The van der Waals surface area contributed by atoms with Crippen molar-refractivity contribution in [3.63, 3.8) is 0 Å². The molecule has 1 aromatic carbocycles. The Labute approximate surface area is 152 Å². The third-order valence-corrected chi connectivity index (χ3v) is 4.54. The number of ether oxygens (including phenoxy) is 1. The smallest absolute Gasteiger partial charge is 0.272 e. The van der Waals surface area contributed by atoms with E-state index in [1.165, 1.54) is 12.1 Å². The number of aryl methyl sites for hydroxylation is 1. The maximum Gasteiger partial charge on any atom is 0.272 e. The van der Waals surface area contributed by atoms with E-state index in [1.54, 1.807) is 16.8 Å². The van der Waals surface area contributed by atoms with Gasteiger partial charge in [0, 0.05) is 18.5 Å². The molecule has 0 fully saturated rings. The van der Waals surface area contributed by atoms with Crippen molar-refractivity contribution in [2.45, 2.75) is 32.4 Å². The third-order valence-electron chi connectivity index (χ3n) is 4.54. The van der Waals surface area contributed by atoms with E-state index in [9.17, 15) is 9.18 Å². The molecule has 0 saturated carbocycles. The van der Waals surface area contributed by atoms with Crippen LogP contribution in [0.3, 0.4) is 0 Å². The van der Waals surface area contributed by atoms with E-state index in [4.69, 9.17) is 4.74 Å². The van der Waals surface area contributed by atoms with Crippen LogP contribution in [0.5, 0.6) is 5.88 Å². The summed E-state index contributed by atoms with van der Waals surface area (Å²) in [4.78, 5) is 14.9. The zero-order valence-electron chi connectivity index (χ0n) is 15.5. The van der Waals surface area contributed by atoms with Crippen LogP contribution in [-0.4, -0.2) is 47.8 Å². The molecule has 2 heterocycles. The van der Waals surface area contributed by atoms with Crippen LogP contribution in [0.2, 0.25) is 0 Å². The van der Waals surface area contributed by atoms with Gasteiger partial charge in [0.2, 0.25) is 5.88 Å². The van der Waals surface area contributed by atoms with Gasteiger partial charge in [0.25, 0.3) is 5.91 Å². The van der Waals surface area contributed by atoms with Crippen LogP contribution < -0.4 is 10.1 Å². The summed E-state index contributed by atoms with van der Waals surface area (Å²) in [5.41, 5.74) is 2.02. The van der Waals surface area contributed by atoms with Gasteiger partial charge in [-0.15, -0.1) is 0 Å². The molecule has 140 valence electrons. The molecule has 26 heavy (non-hydrogen) atoms. The van der Waals surface area contributed by atoms with Crippen LogP contribution in [0.15, 0.2) is 24.3 Å². The molecule has 1 atom stereocenters. The molecule has 0 radical (unpaired) electrons. The number of fused-ring (bicyclic) bond motifs is 1. The molecule has 0 bridgehead atoms. The molecule has 6 nitrogen and oxygen atoms in total. The van der Waals surface area contributed by atoms with Gasteiger partial charge in [-0.3, -0.25) is 4.79 Å². The Morgan fingerprint density at radius 1 is 1.38 bits per heavy atom. The van der Waals surface area contributed by atoms with Crippen LogP contribution in [0.25, 0.3) is 0 Å². The number of rotatable bonds is 6. The lowest BCUT2D eigenvalue weighted by Gasteiger charge is -2.21. The van der Waals surface area contributed by atoms with Crippen molar-refractivity contribution >= 4 is 5.91 Å². The Morgan fingerprint density at radius 3 is 2.77 bits per heavy atom. The standard InChI is InChI=1S/C19H25FN4O2/c1-13-17(22-24-10-4-12-26-19(13)24)18(25)21-16(9-11-23(2)3)14-5-7-15(20)8-6-14/h5-8,16H,4,9-12H2,1-3H3,(H,21,25). The highest BCUT2D eigenvalue weighted by Gasteiger charge is 2.25. The summed E-state index contributed by atoms with van der Waals surface area (Å²) >= 11 is 0. The summed E-state index contributed by atoms with van der Waals surface area (Å²) in [6.07, 6.45) is 1.60. The fourth-order valence-corrected chi connectivity index (χ4v) is 3.10. The highest BCUT2D eigenvalue weighted by Crippen LogP contribution is 2.26. The second-order valence-electron chi connectivity index (χ2n) is 6.87. The van der Waals surface area contributed by atoms with Gasteiger partial charge in [-0.25, -0.2) is 9.07 Å². The quantitative estimate of drug-likeness (QED) is 0.860. The number of amides is 1. The number of aromatic nitrogens is 2. The zero-order chi connectivity index (χ0) is 18.7. The van der Waals surface area contributed by atoms with Gasteiger partial charge in [0.05, 0.1) is 12.6 Å². The van der Waals surface area contributed by atoms with E-state index in [0.717, 1.165) is 30.6 Å². The Morgan fingerprint density at radius 2 is 2.12 bits per heavy atom. The summed E-state index contributed by atoms with van der Waals surface area (Å²) in [6, 6.07) is 6.04. The Hall–Kier alpha value is -2.41. The van der Waals surface area contributed by atoms with Crippen molar-refractivity contribution in [1.29, 1.82) is 0 Å². The first kappa shape index (κ1) is 18.4. The van der Waals surface area contributed by atoms with Crippen LogP contribution in [0, 0.1) is 12.7 Å². The van der Waals surface area contributed by atoms with Gasteiger partial charge in [-0.1, -0.05) is 12.1 Å². The molecule has 7 heteroatoms. The average molecular weight is 360 g/mol. The third kappa shape index (κ3) is 4.04. The second-order valence-corrected chi connectivity index (χ2v) is 6.87. The molecule has 2 aromatic rings. The molecule has 1 amide bonds. The molecule has 1 aliphatic rings. The van der Waals surface area contributed by atoms with E-state index in [1.807, 2.05) is 21.0 Å². The first-order chi connectivity index (χ1) is 12.5. The number of nitrogens with zero attached hydrogens (tertiary/aromatic N) is 3. The average Bonchev–Trinajstić information content (AvgIpc) is 2.96. The number of hydrogen-bond acceptors (Lipinski definition) is 4. The Kier molecular flexibility index (Phi) is 5.56. The Balaban J connectivity index is 1.80. The molecule has 3 rings (SSSR count). The van der Waals surface area contributed by atoms with E-state index >= 15 is 0 Å². The lowest BCUT2D eigenvalue weighted by Crippen LogP contribution is -2.31. The lowest BCUT2D eigenvalue weighted by atomic mass is 10.0. The molecule has 0 saturated heterocycles. The lowest BCUT2D eigenvalue weighted by molar-refractivity contribution is 0.0926. The Bertz CT molecular complexity index is 771. The van der Waals surface area contributed by atoms with Crippen molar-refractivity contribution < 1.29 is 13.9 Å². The van der Waals surface area contributed by atoms with E-state index in [0.29, 0.717) is 24.6 Å². The number of benzene rings is 1. The maximum absolute atomic E-state index is 13.3. The summed E-state index contributed by atoms with van der Waals surface area (Å²) in [6.45, 7) is 4.05. The first-order valence-corrected chi connectivity index (χ1v) is 8.87. The van der Waals surface area contributed by atoms with E-state index < -0.39 is 0 Å². The number of carbonyl (C=O) groups excluding carboxylic acids is 1. The molecule has 1 aliphatic heterocycles. The molecule has 1 unspecified atom stereocenters. The number of nitrogens with one attached hydrogen (secondary N) is 1. The van der Waals surface area contributed by atoms with Gasteiger partial charge >= 0.3 is 0 Å². The monoisotopic (exact) mass is 360 g/mol. The molecule has 0 spiro atoms. The van der Waals surface area contributed by atoms with Gasteiger partial charge in [0.15, 0.2) is 5.69 Å². The number of carbonyl (C=O) groups is 1. The molecular weight excluding hydrogens is 335 g/mol. The van der Waals surface area contributed by atoms with Crippen molar-refractivity contribution in [2.75, 3.05) is 27.2 Å². The fourth-order valence-electron chi connectivity index (χ4n) is 3.10. The fraction of sp³-hybridized carbons (Fsp3) is 0.474. The maximum atomic E-state index is 13.3. The van der Waals surface area contributed by atoms with Crippen LogP contribution in [0.4, 0.5) is 4.39 Å². The van der Waals surface area contributed by atoms with Gasteiger partial charge < -0.3 is 15.0 Å². The normalized spacial score (nSPS) is 14.7. The minimum Gasteiger partial charge on any atom is -0.478 e. The second kappa shape index (κ2) is 7.86. The predicted molar refractivity (Wildman–Crippen MR) is 96.9 cm³/mol. The largest absolute Gasteiger partial charge is 0.478 e. The molecule has 1 aromatic heterocycles. The number of halogens is 1. The first-order valence-electron chi connectivity index (χ1n) is 8.87. The van der Waals surface area contributed by atoms with Crippen molar-refractivity contribution in [3.05, 3.63) is 46.9 Å². The van der Waals surface area contributed by atoms with Crippen molar-refractivity contribution in [1.82, 2.24) is 20.0 Å². The van der Waals surface area contributed by atoms with Crippen LogP contribution >= 0.6 is 0 Å². The predicted octanol–water partition coefficient (Wildman–Crippen LogP) is 2.54. The van der Waals surface area contributed by atoms with E-state index in [-0.39, 0.29) is 17.8 Å². The van der Waals surface area contributed by atoms with Gasteiger partial charge in [0.1, 0.15) is 5.82 Å². The van der Waals surface area contributed by atoms with Crippen molar-refractivity contribution in [3.8, 4) is 5.88 Å². The zero-order valence-corrected chi connectivity index (χ0v) is 15.5. The molecule has 0 aliphatic carbocycles. The SMILES string of the molecule is Cc1c(C(=O)NC(CCN(C)C)c2ccc(F)cc2)nn2c1OCCC2. The minimum absolute atomic E-state index is 0.218. The van der Waals surface area contributed by atoms with Crippen LogP contribution in [0.1, 0.15) is 40.5 Å². The number of hydrogen-bond donors (Lipinski definition) is 1. The van der Waals surface area contributed by atoms with Gasteiger partial charge in [-0.05, 0) is 51.7 Å². The van der Waals surface area contributed by atoms with Crippen LogP contribution in [-0.2, 0) is 6.54 Å². The summed E-state index contributed by atoms with van der Waals surface area (Å²) < 4.78 is 20.6. The van der Waals surface area contributed by atoms with Gasteiger partial charge in [-0.2, -0.15) is 5.10 Å². The minimum atomic E-state index is -0.291. The summed E-state index contributed by atoms with van der Waals surface area (Å²) in [5, 5.41) is 7.47. The molecular formula is C19H25FN4O2. The van der Waals surface area contributed by atoms with E-state index in [2.05, 4.69) is 15.3 Å². The summed E-state index contributed by atoms with van der Waals surface area (Å²) in [5.74, 6) is 0.148. The highest BCUT2D eigenvalue weighted by molar-refractivity contribution is 5.94.